The minimum atomic E-state index is -0.592. The molecule has 1 aromatic carbocycles. The van der Waals surface area contributed by atoms with E-state index in [2.05, 4.69) is 4.98 Å². The Hall–Kier alpha value is -2.36. The number of hydrogen-bond acceptors (Lipinski definition) is 3. The van der Waals surface area contributed by atoms with Gasteiger partial charge in [0.1, 0.15) is 17.7 Å². The fourth-order valence-corrected chi connectivity index (χ4v) is 2.04. The van der Waals surface area contributed by atoms with Gasteiger partial charge in [-0.05, 0) is 18.6 Å². The zero-order valence-electron chi connectivity index (χ0n) is 10.1. The zero-order chi connectivity index (χ0) is 13.2. The predicted octanol–water partition coefficient (Wildman–Crippen LogP) is 4.12. The Balaban J connectivity index is 1.87. The van der Waals surface area contributed by atoms with Gasteiger partial charge < -0.3 is 9.52 Å². The molecule has 19 heavy (non-hydrogen) atoms. The van der Waals surface area contributed by atoms with Gasteiger partial charge >= 0.3 is 0 Å². The molecule has 2 aromatic rings. The molecule has 0 fully saturated rings. The van der Waals surface area contributed by atoms with Crippen LogP contribution in [0.2, 0.25) is 0 Å². The second kappa shape index (κ2) is 4.72. The average Bonchev–Trinajstić information content (AvgIpc) is 2.93. The molecular weight excluding hydrogens is 245 g/mol. The average molecular weight is 257 g/mol. The molecule has 3 nitrogen and oxygen atoms in total. The molecular formula is C15H12FNO2. The van der Waals surface area contributed by atoms with Crippen molar-refractivity contribution in [2.24, 2.45) is 0 Å². The first-order valence-electron chi connectivity index (χ1n) is 6.01. The lowest BCUT2D eigenvalue weighted by molar-refractivity contribution is 0.371. The van der Waals surface area contributed by atoms with E-state index in [1.165, 1.54) is 12.2 Å². The maximum absolute atomic E-state index is 13.0. The molecule has 0 spiro atoms. The van der Waals surface area contributed by atoms with Crippen molar-refractivity contribution in [2.45, 2.75) is 12.3 Å². The highest BCUT2D eigenvalue weighted by atomic mass is 19.1. The molecule has 4 heteroatoms. The summed E-state index contributed by atoms with van der Waals surface area (Å²) in [5.41, 5.74) is 1.70. The fourth-order valence-electron chi connectivity index (χ4n) is 2.04. The second-order valence-electron chi connectivity index (χ2n) is 4.38. The Labute approximate surface area is 109 Å². The summed E-state index contributed by atoms with van der Waals surface area (Å²) in [7, 11) is 0. The van der Waals surface area contributed by atoms with Gasteiger partial charge in [0.25, 0.3) is 0 Å². The quantitative estimate of drug-likeness (QED) is 0.880. The molecule has 1 N–H and O–H groups in total. The number of rotatable bonds is 2. The van der Waals surface area contributed by atoms with Crippen molar-refractivity contribution in [3.05, 3.63) is 66.2 Å². The summed E-state index contributed by atoms with van der Waals surface area (Å²) in [6.45, 7) is 0. The molecule has 1 aliphatic rings. The van der Waals surface area contributed by atoms with Gasteiger partial charge in [0.15, 0.2) is 5.83 Å². The Kier molecular flexibility index (Phi) is 2.91. The number of aliphatic hydroxyl groups is 1. The predicted molar refractivity (Wildman–Crippen MR) is 69.2 cm³/mol. The van der Waals surface area contributed by atoms with Crippen LogP contribution in [0.3, 0.4) is 0 Å². The van der Waals surface area contributed by atoms with E-state index in [-0.39, 0.29) is 11.7 Å². The first kappa shape index (κ1) is 11.7. The van der Waals surface area contributed by atoms with Crippen molar-refractivity contribution in [3.8, 4) is 11.3 Å². The number of nitrogens with zero attached hydrogens (tertiary/aromatic N) is 1. The fraction of sp³-hybridized carbons (Fsp3) is 0.133. The highest BCUT2D eigenvalue weighted by Gasteiger charge is 2.21. The van der Waals surface area contributed by atoms with Crippen LogP contribution in [0, 0.1) is 0 Å². The van der Waals surface area contributed by atoms with Crippen LogP contribution in [0.5, 0.6) is 0 Å². The lowest BCUT2D eigenvalue weighted by Gasteiger charge is -2.11. The van der Waals surface area contributed by atoms with E-state index in [1.807, 2.05) is 30.3 Å². The third-order valence-electron chi connectivity index (χ3n) is 3.06. The summed E-state index contributed by atoms with van der Waals surface area (Å²) < 4.78 is 18.5. The highest BCUT2D eigenvalue weighted by Crippen LogP contribution is 2.31. The van der Waals surface area contributed by atoms with Crippen LogP contribution in [0.1, 0.15) is 18.2 Å². The zero-order valence-corrected chi connectivity index (χ0v) is 10.1. The normalized spacial score (nSPS) is 18.9. The summed E-state index contributed by atoms with van der Waals surface area (Å²) in [6.07, 6.45) is 4.77. The summed E-state index contributed by atoms with van der Waals surface area (Å²) >= 11 is 0. The monoisotopic (exact) mass is 257 g/mol. The van der Waals surface area contributed by atoms with E-state index >= 15 is 0 Å². The van der Waals surface area contributed by atoms with Crippen LogP contribution in [0.4, 0.5) is 4.39 Å². The number of hydrogen-bond donors (Lipinski definition) is 1. The van der Waals surface area contributed by atoms with E-state index in [0.717, 1.165) is 11.3 Å². The van der Waals surface area contributed by atoms with Gasteiger partial charge in [-0.3, -0.25) is 0 Å². The molecule has 1 aromatic heterocycles. The number of halogens is 1. The number of oxazole rings is 1. The van der Waals surface area contributed by atoms with E-state index in [0.29, 0.717) is 12.3 Å². The molecule has 3 rings (SSSR count). The van der Waals surface area contributed by atoms with Gasteiger partial charge in [0.2, 0.25) is 5.89 Å². The van der Waals surface area contributed by atoms with Gasteiger partial charge in [-0.15, -0.1) is 0 Å². The Bertz CT molecular complexity index is 643. The van der Waals surface area contributed by atoms with Gasteiger partial charge in [0.05, 0.1) is 5.92 Å². The van der Waals surface area contributed by atoms with E-state index in [1.54, 1.807) is 6.26 Å². The van der Waals surface area contributed by atoms with E-state index in [9.17, 15) is 9.50 Å². The summed E-state index contributed by atoms with van der Waals surface area (Å²) in [5.74, 6) is -0.687. The molecule has 0 saturated carbocycles. The molecule has 0 radical (unpaired) electrons. The van der Waals surface area contributed by atoms with Crippen molar-refractivity contribution < 1.29 is 13.9 Å². The maximum Gasteiger partial charge on any atom is 0.201 e. The van der Waals surface area contributed by atoms with Gasteiger partial charge in [0, 0.05) is 5.56 Å². The third-order valence-corrected chi connectivity index (χ3v) is 3.06. The molecule has 0 bridgehead atoms. The lowest BCUT2D eigenvalue weighted by Crippen LogP contribution is -2.01. The van der Waals surface area contributed by atoms with Gasteiger partial charge in [-0.1, -0.05) is 30.3 Å². The summed E-state index contributed by atoms with van der Waals surface area (Å²) in [5, 5.41) is 9.38. The molecule has 0 amide bonds. The molecule has 96 valence electrons. The highest BCUT2D eigenvalue weighted by molar-refractivity contribution is 5.57. The smallest absolute Gasteiger partial charge is 0.201 e. The first-order valence-corrected chi connectivity index (χ1v) is 6.01. The SMILES string of the molecule is OC1=CC(c2nc(-c3ccccc3)co2)CC=C1F. The maximum atomic E-state index is 13.0. The molecule has 0 aliphatic heterocycles. The molecule has 1 atom stereocenters. The Morgan fingerprint density at radius 2 is 2.05 bits per heavy atom. The van der Waals surface area contributed by atoms with Crippen molar-refractivity contribution >= 4 is 0 Å². The van der Waals surface area contributed by atoms with Crippen LogP contribution in [0.15, 0.2) is 64.8 Å². The number of allylic oxidation sites excluding steroid dienone is 3. The minimum absolute atomic E-state index is 0.225. The standard InChI is InChI=1S/C15H12FNO2/c16-12-7-6-11(8-14(12)18)15-17-13(9-19-15)10-4-2-1-3-5-10/h1-5,7-9,11,18H,6H2. The summed E-state index contributed by atoms with van der Waals surface area (Å²) in [4.78, 5) is 4.39. The molecule has 1 heterocycles. The van der Waals surface area contributed by atoms with Crippen molar-refractivity contribution in [1.29, 1.82) is 0 Å². The topological polar surface area (TPSA) is 46.3 Å². The lowest BCUT2D eigenvalue weighted by atomic mass is 9.99. The molecule has 1 aliphatic carbocycles. The van der Waals surface area contributed by atoms with Crippen LogP contribution < -0.4 is 0 Å². The van der Waals surface area contributed by atoms with Crippen molar-refractivity contribution in [2.75, 3.05) is 0 Å². The third kappa shape index (κ3) is 2.29. The van der Waals surface area contributed by atoms with Gasteiger partial charge in [-0.2, -0.15) is 0 Å². The second-order valence-corrected chi connectivity index (χ2v) is 4.38. The number of aromatic nitrogens is 1. The van der Waals surface area contributed by atoms with Crippen LogP contribution >= 0.6 is 0 Å². The number of aliphatic hydroxyl groups excluding tert-OH is 1. The van der Waals surface area contributed by atoms with Crippen LogP contribution in [-0.2, 0) is 0 Å². The van der Waals surface area contributed by atoms with Crippen molar-refractivity contribution in [1.82, 2.24) is 4.98 Å². The Morgan fingerprint density at radius 1 is 1.26 bits per heavy atom. The Morgan fingerprint density at radius 3 is 2.79 bits per heavy atom. The summed E-state index contributed by atoms with van der Waals surface area (Å²) in [6, 6.07) is 9.66. The minimum Gasteiger partial charge on any atom is -0.505 e. The first-order chi connectivity index (χ1) is 9.24. The molecule has 0 saturated heterocycles. The van der Waals surface area contributed by atoms with E-state index in [4.69, 9.17) is 4.42 Å². The number of benzene rings is 1. The largest absolute Gasteiger partial charge is 0.505 e. The molecule has 1 unspecified atom stereocenters. The van der Waals surface area contributed by atoms with Gasteiger partial charge in [-0.25, -0.2) is 9.37 Å². The van der Waals surface area contributed by atoms with Crippen LogP contribution in [0.25, 0.3) is 11.3 Å². The van der Waals surface area contributed by atoms with E-state index < -0.39 is 5.83 Å². The van der Waals surface area contributed by atoms with Crippen LogP contribution in [-0.4, -0.2) is 10.1 Å². The van der Waals surface area contributed by atoms with Crippen molar-refractivity contribution in [3.63, 3.8) is 0 Å².